The predicted molar refractivity (Wildman–Crippen MR) is 130 cm³/mol. The summed E-state index contributed by atoms with van der Waals surface area (Å²) in [5, 5.41) is 16.5. The van der Waals surface area contributed by atoms with Crippen molar-refractivity contribution < 1.29 is 4.39 Å². The van der Waals surface area contributed by atoms with E-state index in [1.165, 1.54) is 6.07 Å². The summed E-state index contributed by atoms with van der Waals surface area (Å²) in [7, 11) is 0. The molecule has 8 nitrogen and oxygen atoms in total. The number of nitrogens with one attached hydrogen (secondary N) is 2. The number of fused-ring (bicyclic) bond motifs is 1. The van der Waals surface area contributed by atoms with Gasteiger partial charge < -0.3 is 15.5 Å². The third kappa shape index (κ3) is 3.59. The zero-order valence-electron chi connectivity index (χ0n) is 19.4. The van der Waals surface area contributed by atoms with Crippen LogP contribution < -0.4 is 21.1 Å². The summed E-state index contributed by atoms with van der Waals surface area (Å²) in [6, 6.07) is 8.59. The normalized spacial score (nSPS) is 22.3. The van der Waals surface area contributed by atoms with Gasteiger partial charge in [0.25, 0.3) is 5.56 Å². The van der Waals surface area contributed by atoms with Crippen molar-refractivity contribution in [2.45, 2.75) is 38.6 Å². The van der Waals surface area contributed by atoms with Crippen molar-refractivity contribution in [2.24, 2.45) is 5.92 Å². The molecule has 34 heavy (non-hydrogen) atoms. The fourth-order valence-electron chi connectivity index (χ4n) is 5.31. The van der Waals surface area contributed by atoms with Crippen molar-refractivity contribution in [3.05, 3.63) is 52.2 Å². The fraction of sp³-hybridized carbons (Fsp3) is 0.440. The van der Waals surface area contributed by atoms with Crippen LogP contribution in [0.3, 0.4) is 0 Å². The summed E-state index contributed by atoms with van der Waals surface area (Å²) in [4.78, 5) is 24.3. The number of rotatable bonds is 5. The Morgan fingerprint density at radius 1 is 1.32 bits per heavy atom. The second kappa shape index (κ2) is 8.69. The van der Waals surface area contributed by atoms with E-state index in [4.69, 9.17) is 0 Å². The molecule has 0 amide bonds. The number of benzene rings is 1. The van der Waals surface area contributed by atoms with Gasteiger partial charge in [0.2, 0.25) is 5.95 Å². The fourth-order valence-corrected chi connectivity index (χ4v) is 5.31. The van der Waals surface area contributed by atoms with Gasteiger partial charge in [-0.25, -0.2) is 9.37 Å². The number of halogens is 1. The second-order valence-corrected chi connectivity index (χ2v) is 9.21. The zero-order valence-corrected chi connectivity index (χ0v) is 19.4. The van der Waals surface area contributed by atoms with Gasteiger partial charge in [-0.3, -0.25) is 9.36 Å². The average molecular weight is 462 g/mol. The minimum absolute atomic E-state index is 0.0920. The number of hydrogen-bond acceptors (Lipinski definition) is 7. The van der Waals surface area contributed by atoms with Gasteiger partial charge in [-0.15, -0.1) is 0 Å². The molecule has 2 atom stereocenters. The largest absolute Gasteiger partial charge is 0.367 e. The van der Waals surface area contributed by atoms with Crippen molar-refractivity contribution in [3.63, 3.8) is 0 Å². The highest BCUT2D eigenvalue weighted by Crippen LogP contribution is 2.47. The Morgan fingerprint density at radius 3 is 2.74 bits per heavy atom. The Hall–Kier alpha value is -3.51. The van der Waals surface area contributed by atoms with Crippen LogP contribution in [0.15, 0.2) is 35.3 Å². The average Bonchev–Trinajstić information content (AvgIpc) is 2.85. The minimum atomic E-state index is -0.370. The number of hydrogen-bond donors (Lipinski definition) is 2. The predicted octanol–water partition coefficient (Wildman–Crippen LogP) is 3.49. The zero-order chi connectivity index (χ0) is 23.9. The number of nitrogens with zero attached hydrogens (tertiary/aromatic N) is 5. The van der Waals surface area contributed by atoms with Gasteiger partial charge in [0.1, 0.15) is 23.1 Å². The van der Waals surface area contributed by atoms with Crippen molar-refractivity contribution in [1.29, 1.82) is 5.26 Å². The van der Waals surface area contributed by atoms with Crippen LogP contribution in [-0.2, 0) is 5.54 Å². The third-order valence-corrected chi connectivity index (χ3v) is 7.51. The molecule has 2 aliphatic rings. The molecule has 2 fully saturated rings. The molecule has 0 spiro atoms. The molecule has 176 valence electrons. The molecule has 1 saturated carbocycles. The van der Waals surface area contributed by atoms with Gasteiger partial charge in [0.15, 0.2) is 0 Å². The third-order valence-electron chi connectivity index (χ3n) is 7.51. The van der Waals surface area contributed by atoms with Crippen LogP contribution in [0.1, 0.15) is 38.7 Å². The molecule has 2 N–H and O–H groups in total. The molecule has 0 bridgehead atoms. The number of pyridine rings is 1. The molecule has 1 aliphatic heterocycles. The minimum Gasteiger partial charge on any atom is -0.367 e. The molecule has 3 aromatic rings. The molecule has 9 heteroatoms. The number of piperazine rings is 1. The van der Waals surface area contributed by atoms with Crippen LogP contribution in [0.4, 0.5) is 21.7 Å². The first-order valence-electron chi connectivity index (χ1n) is 11.8. The maximum Gasteiger partial charge on any atom is 0.270 e. The standard InChI is InChI=1S/C25H28FN7O/c1-3-25(7-6-16(25)2)33-22-18(12-17(14-27)23(33)34)15-29-24(31-22)30-19-4-5-21(20(26)13-19)32-10-8-28-9-11-32/h4-5,12-13,15-16,28H,3,6-11H2,1-2H3,(H,29,30,31)/t16-,25?/m1/s1. The van der Waals surface area contributed by atoms with Crippen LogP contribution >= 0.6 is 0 Å². The van der Waals surface area contributed by atoms with Crippen LogP contribution in [0.25, 0.3) is 11.0 Å². The van der Waals surface area contributed by atoms with Gasteiger partial charge in [0, 0.05) is 43.4 Å². The van der Waals surface area contributed by atoms with E-state index in [0.29, 0.717) is 28.3 Å². The van der Waals surface area contributed by atoms with Crippen LogP contribution in [-0.4, -0.2) is 40.7 Å². The van der Waals surface area contributed by atoms with Crippen molar-refractivity contribution in [1.82, 2.24) is 19.9 Å². The van der Waals surface area contributed by atoms with Crippen molar-refractivity contribution in [3.8, 4) is 6.07 Å². The summed E-state index contributed by atoms with van der Waals surface area (Å²) < 4.78 is 16.6. The second-order valence-electron chi connectivity index (χ2n) is 9.21. The maximum absolute atomic E-state index is 14.9. The monoisotopic (exact) mass is 461 g/mol. The Labute approximate surface area is 197 Å². The molecule has 3 heterocycles. The summed E-state index contributed by atoms with van der Waals surface area (Å²) in [5.74, 6) is 0.264. The van der Waals surface area contributed by atoms with E-state index in [2.05, 4.69) is 34.4 Å². The van der Waals surface area contributed by atoms with Gasteiger partial charge in [-0.05, 0) is 49.4 Å². The van der Waals surface area contributed by atoms with E-state index >= 15 is 0 Å². The van der Waals surface area contributed by atoms with E-state index in [-0.39, 0.29) is 28.4 Å². The first-order chi connectivity index (χ1) is 16.5. The summed E-state index contributed by atoms with van der Waals surface area (Å²) in [6.45, 7) is 7.38. The van der Waals surface area contributed by atoms with Crippen LogP contribution in [0.2, 0.25) is 0 Å². The van der Waals surface area contributed by atoms with Gasteiger partial charge in [-0.1, -0.05) is 13.8 Å². The van der Waals surface area contributed by atoms with E-state index < -0.39 is 0 Å². The number of anilines is 3. The van der Waals surface area contributed by atoms with E-state index in [9.17, 15) is 14.4 Å². The molecule has 1 saturated heterocycles. The van der Waals surface area contributed by atoms with Crippen molar-refractivity contribution >= 4 is 28.4 Å². The Bertz CT molecular complexity index is 1340. The Kier molecular flexibility index (Phi) is 5.70. The summed E-state index contributed by atoms with van der Waals surface area (Å²) in [6.07, 6.45) is 4.26. The molecule has 1 unspecified atom stereocenters. The Morgan fingerprint density at radius 2 is 2.12 bits per heavy atom. The topological polar surface area (TPSA) is 98.9 Å². The van der Waals surface area contributed by atoms with Gasteiger partial charge in [-0.2, -0.15) is 10.2 Å². The number of nitriles is 1. The lowest BCUT2D eigenvalue weighted by atomic mass is 9.65. The van der Waals surface area contributed by atoms with E-state index in [0.717, 1.165) is 45.4 Å². The quantitative estimate of drug-likeness (QED) is 0.600. The van der Waals surface area contributed by atoms with Crippen LogP contribution in [0, 0.1) is 23.1 Å². The summed E-state index contributed by atoms with van der Waals surface area (Å²) >= 11 is 0. The first kappa shape index (κ1) is 22.3. The molecule has 5 rings (SSSR count). The Balaban J connectivity index is 1.53. The van der Waals surface area contributed by atoms with E-state index in [1.54, 1.807) is 29.0 Å². The highest BCUT2D eigenvalue weighted by Gasteiger charge is 2.46. The summed E-state index contributed by atoms with van der Waals surface area (Å²) in [5.41, 5.74) is 1.00. The molecule has 1 aliphatic carbocycles. The molecule has 1 aromatic carbocycles. The SMILES string of the molecule is CCC1(n2c(=O)c(C#N)cc3cnc(Nc4ccc(N5CCNCC5)c(F)c4)nc32)CC[C@H]1C. The lowest BCUT2D eigenvalue weighted by molar-refractivity contribution is 0.0519. The smallest absolute Gasteiger partial charge is 0.270 e. The van der Waals surface area contributed by atoms with Crippen LogP contribution in [0.5, 0.6) is 0 Å². The molecule has 0 radical (unpaired) electrons. The lowest BCUT2D eigenvalue weighted by Crippen LogP contribution is -2.52. The molecule has 2 aromatic heterocycles. The van der Waals surface area contributed by atoms with Gasteiger partial charge >= 0.3 is 0 Å². The first-order valence-corrected chi connectivity index (χ1v) is 11.8. The van der Waals surface area contributed by atoms with Gasteiger partial charge in [0.05, 0.1) is 11.2 Å². The maximum atomic E-state index is 14.9. The molecular weight excluding hydrogens is 433 g/mol. The molecular formula is C25H28FN7O. The number of aromatic nitrogens is 3. The van der Waals surface area contributed by atoms with Crippen molar-refractivity contribution in [2.75, 3.05) is 36.4 Å². The lowest BCUT2D eigenvalue weighted by Gasteiger charge is -2.49. The highest BCUT2D eigenvalue weighted by atomic mass is 19.1. The van der Waals surface area contributed by atoms with E-state index in [1.807, 2.05) is 11.0 Å². The highest BCUT2D eigenvalue weighted by molar-refractivity contribution is 5.78.